The van der Waals surface area contributed by atoms with Gasteiger partial charge in [0.1, 0.15) is 5.60 Å². The van der Waals surface area contributed by atoms with Crippen LogP contribution in [-0.2, 0) is 4.74 Å². The number of nitrogens with zero attached hydrogens (tertiary/aromatic N) is 1. The number of carbonyl (C=O) groups is 1. The zero-order chi connectivity index (χ0) is 18.0. The first-order valence-corrected chi connectivity index (χ1v) is 9.67. The summed E-state index contributed by atoms with van der Waals surface area (Å²) < 4.78 is 5.50. The molecule has 1 heterocycles. The molecule has 0 spiro atoms. The van der Waals surface area contributed by atoms with Gasteiger partial charge >= 0.3 is 6.09 Å². The quantitative estimate of drug-likeness (QED) is 0.853. The van der Waals surface area contributed by atoms with Gasteiger partial charge in [-0.1, -0.05) is 23.7 Å². The second-order valence-electron chi connectivity index (χ2n) is 8.35. The second kappa shape index (κ2) is 7.55. The molecule has 1 aromatic carbocycles. The fourth-order valence-electron chi connectivity index (χ4n) is 3.73. The first-order chi connectivity index (χ1) is 11.8. The molecule has 25 heavy (non-hydrogen) atoms. The molecule has 3 rings (SSSR count). The molecule has 0 radical (unpaired) electrons. The van der Waals surface area contributed by atoms with Gasteiger partial charge in [0.2, 0.25) is 0 Å². The monoisotopic (exact) mass is 364 g/mol. The molecule has 4 nitrogen and oxygen atoms in total. The Morgan fingerprint density at radius 2 is 2.04 bits per heavy atom. The first-order valence-electron chi connectivity index (χ1n) is 9.29. The third-order valence-electron chi connectivity index (χ3n) is 5.00. The minimum absolute atomic E-state index is 0.190. The molecule has 0 bridgehead atoms. The van der Waals surface area contributed by atoms with Crippen molar-refractivity contribution in [1.29, 1.82) is 0 Å². The van der Waals surface area contributed by atoms with E-state index >= 15 is 0 Å². The molecule has 138 valence electrons. The Kier molecular flexibility index (Phi) is 5.59. The Hall–Kier alpha value is -1.26. The van der Waals surface area contributed by atoms with Crippen molar-refractivity contribution in [3.8, 4) is 0 Å². The lowest BCUT2D eigenvalue weighted by Crippen LogP contribution is -2.54. The van der Waals surface area contributed by atoms with Crippen molar-refractivity contribution >= 4 is 17.7 Å². The highest BCUT2D eigenvalue weighted by molar-refractivity contribution is 6.30. The van der Waals surface area contributed by atoms with E-state index in [0.29, 0.717) is 18.0 Å². The van der Waals surface area contributed by atoms with E-state index in [4.69, 9.17) is 16.3 Å². The van der Waals surface area contributed by atoms with Gasteiger partial charge in [-0.2, -0.15) is 0 Å². The maximum Gasteiger partial charge on any atom is 0.410 e. The maximum absolute atomic E-state index is 12.3. The molecule has 1 amide bonds. The van der Waals surface area contributed by atoms with Crippen LogP contribution in [0.15, 0.2) is 24.3 Å². The molecule has 1 saturated heterocycles. The second-order valence-corrected chi connectivity index (χ2v) is 8.79. The molecule has 0 aromatic heterocycles. The maximum atomic E-state index is 12.3. The molecule has 1 saturated carbocycles. The van der Waals surface area contributed by atoms with Crippen LogP contribution >= 0.6 is 11.6 Å². The molecular formula is C20H29ClN2O2. The van der Waals surface area contributed by atoms with Gasteiger partial charge in [0.05, 0.1) is 0 Å². The normalized spacial score (nSPS) is 26.9. The Bertz CT molecular complexity index is 608. The van der Waals surface area contributed by atoms with Gasteiger partial charge in [-0.15, -0.1) is 0 Å². The Labute approximate surface area is 155 Å². The Morgan fingerprint density at radius 3 is 2.72 bits per heavy atom. The average molecular weight is 365 g/mol. The van der Waals surface area contributed by atoms with Crippen LogP contribution in [0.4, 0.5) is 4.79 Å². The molecule has 1 N–H and O–H groups in total. The van der Waals surface area contributed by atoms with Crippen molar-refractivity contribution in [2.24, 2.45) is 0 Å². The summed E-state index contributed by atoms with van der Waals surface area (Å²) >= 11 is 6.09. The van der Waals surface area contributed by atoms with Crippen molar-refractivity contribution in [2.45, 2.75) is 70.1 Å². The van der Waals surface area contributed by atoms with Crippen molar-refractivity contribution in [2.75, 3.05) is 13.1 Å². The van der Waals surface area contributed by atoms with E-state index in [-0.39, 0.29) is 6.09 Å². The number of nitrogens with one attached hydrogen (secondary N) is 1. The van der Waals surface area contributed by atoms with Gasteiger partial charge in [0.25, 0.3) is 0 Å². The van der Waals surface area contributed by atoms with E-state index in [0.717, 1.165) is 43.8 Å². The van der Waals surface area contributed by atoms with Gasteiger partial charge in [0.15, 0.2) is 0 Å². The summed E-state index contributed by atoms with van der Waals surface area (Å²) in [6, 6.07) is 9.09. The summed E-state index contributed by atoms with van der Waals surface area (Å²) in [6.07, 6.45) is 4.25. The molecule has 1 aliphatic heterocycles. The van der Waals surface area contributed by atoms with Crippen molar-refractivity contribution in [1.82, 2.24) is 10.2 Å². The fourth-order valence-corrected chi connectivity index (χ4v) is 3.92. The van der Waals surface area contributed by atoms with Gasteiger partial charge in [-0.25, -0.2) is 4.79 Å². The first kappa shape index (κ1) is 18.5. The summed E-state index contributed by atoms with van der Waals surface area (Å²) in [5.41, 5.74) is 0.903. The SMILES string of the molecule is CC(C)(C)OC(=O)N1CCCC(NC2CC(c3cccc(Cl)c3)C2)C1. The Morgan fingerprint density at radius 1 is 1.28 bits per heavy atom. The molecule has 2 fully saturated rings. The number of amides is 1. The number of likely N-dealkylation sites (tertiary alicyclic amines) is 1. The van der Waals surface area contributed by atoms with E-state index in [2.05, 4.69) is 17.4 Å². The Balaban J connectivity index is 1.45. The van der Waals surface area contributed by atoms with Crippen molar-refractivity contribution in [3.63, 3.8) is 0 Å². The lowest BCUT2D eigenvalue weighted by atomic mass is 9.75. The summed E-state index contributed by atoms with van der Waals surface area (Å²) in [6.45, 7) is 7.27. The lowest BCUT2D eigenvalue weighted by Gasteiger charge is -2.41. The highest BCUT2D eigenvalue weighted by Gasteiger charge is 2.34. The van der Waals surface area contributed by atoms with Crippen LogP contribution in [0, 0.1) is 0 Å². The van der Waals surface area contributed by atoms with Gasteiger partial charge < -0.3 is 15.0 Å². The third-order valence-corrected chi connectivity index (χ3v) is 5.24. The summed E-state index contributed by atoms with van der Waals surface area (Å²) in [4.78, 5) is 14.1. The average Bonchev–Trinajstić information content (AvgIpc) is 2.49. The summed E-state index contributed by atoms with van der Waals surface area (Å²) in [7, 11) is 0. The smallest absolute Gasteiger partial charge is 0.410 e. The van der Waals surface area contributed by atoms with E-state index in [1.54, 1.807) is 0 Å². The number of carbonyl (C=O) groups excluding carboxylic acids is 1. The van der Waals surface area contributed by atoms with Crippen LogP contribution in [0.2, 0.25) is 5.02 Å². The van der Waals surface area contributed by atoms with Crippen LogP contribution in [0.1, 0.15) is 57.9 Å². The molecule has 1 aliphatic carbocycles. The molecule has 5 heteroatoms. The number of hydrogen-bond donors (Lipinski definition) is 1. The molecule has 1 atom stereocenters. The standard InChI is InChI=1S/C20H29ClN2O2/c1-20(2,3)25-19(24)23-9-5-8-17(13-23)22-18-11-15(12-18)14-6-4-7-16(21)10-14/h4,6-7,10,15,17-18,22H,5,8-9,11-13H2,1-3H3. The topological polar surface area (TPSA) is 41.6 Å². The predicted octanol–water partition coefficient (Wildman–Crippen LogP) is 4.58. The zero-order valence-corrected chi connectivity index (χ0v) is 16.2. The number of hydrogen-bond acceptors (Lipinski definition) is 3. The minimum atomic E-state index is -0.435. The van der Waals surface area contributed by atoms with E-state index in [9.17, 15) is 4.79 Å². The van der Waals surface area contributed by atoms with Crippen molar-refractivity contribution in [3.05, 3.63) is 34.9 Å². The van der Waals surface area contributed by atoms with Crippen LogP contribution in [0.3, 0.4) is 0 Å². The largest absolute Gasteiger partial charge is 0.444 e. The zero-order valence-electron chi connectivity index (χ0n) is 15.4. The van der Waals surface area contributed by atoms with Crippen LogP contribution in [-0.4, -0.2) is 41.8 Å². The molecule has 1 aromatic rings. The third kappa shape index (κ3) is 5.11. The van der Waals surface area contributed by atoms with E-state index < -0.39 is 5.60 Å². The van der Waals surface area contributed by atoms with Crippen LogP contribution < -0.4 is 5.32 Å². The van der Waals surface area contributed by atoms with Crippen LogP contribution in [0.25, 0.3) is 0 Å². The van der Waals surface area contributed by atoms with E-state index in [1.807, 2.05) is 37.8 Å². The highest BCUT2D eigenvalue weighted by atomic mass is 35.5. The van der Waals surface area contributed by atoms with Crippen molar-refractivity contribution < 1.29 is 9.53 Å². The molecule has 2 aliphatic rings. The number of piperidine rings is 1. The number of ether oxygens (including phenoxy) is 1. The molecule has 1 unspecified atom stereocenters. The predicted molar refractivity (Wildman–Crippen MR) is 101 cm³/mol. The van der Waals surface area contributed by atoms with Gasteiger partial charge in [0, 0.05) is 30.2 Å². The number of halogens is 1. The minimum Gasteiger partial charge on any atom is -0.444 e. The summed E-state index contributed by atoms with van der Waals surface area (Å²) in [5.74, 6) is 0.599. The van der Waals surface area contributed by atoms with Gasteiger partial charge in [-0.05, 0) is 70.1 Å². The molecular weight excluding hydrogens is 336 g/mol. The van der Waals surface area contributed by atoms with E-state index in [1.165, 1.54) is 5.56 Å². The number of rotatable bonds is 3. The number of benzene rings is 1. The fraction of sp³-hybridized carbons (Fsp3) is 0.650. The van der Waals surface area contributed by atoms with Gasteiger partial charge in [-0.3, -0.25) is 0 Å². The highest BCUT2D eigenvalue weighted by Crippen LogP contribution is 2.38. The lowest BCUT2D eigenvalue weighted by molar-refractivity contribution is 0.0177. The summed E-state index contributed by atoms with van der Waals surface area (Å²) in [5, 5.41) is 4.55. The van der Waals surface area contributed by atoms with Crippen LogP contribution in [0.5, 0.6) is 0 Å².